The normalized spacial score (nSPS) is 22.9. The van der Waals surface area contributed by atoms with Crippen molar-refractivity contribution in [3.05, 3.63) is 29.8 Å². The number of Topliss-reactive ketones (excluding diaryl/α,β-unsaturated/α-hetero) is 2. The molecule has 0 saturated carbocycles. The Morgan fingerprint density at radius 1 is 1.15 bits per heavy atom. The van der Waals surface area contributed by atoms with Gasteiger partial charge in [0.05, 0.1) is 12.6 Å². The molecule has 3 rings (SSSR count). The summed E-state index contributed by atoms with van der Waals surface area (Å²) in [4.78, 5) is 55.1. The molecular formula is C25H36N4O4. The maximum atomic E-state index is 13.6. The van der Waals surface area contributed by atoms with Gasteiger partial charge >= 0.3 is 0 Å². The van der Waals surface area contributed by atoms with Gasteiger partial charge in [0, 0.05) is 30.4 Å². The first-order valence-electron chi connectivity index (χ1n) is 11.9. The largest absolute Gasteiger partial charge is 0.372 e. The molecule has 2 fully saturated rings. The van der Waals surface area contributed by atoms with E-state index in [9.17, 15) is 19.2 Å². The summed E-state index contributed by atoms with van der Waals surface area (Å²) in [7, 11) is 0. The molecular weight excluding hydrogens is 420 g/mol. The molecule has 180 valence electrons. The van der Waals surface area contributed by atoms with Crippen LogP contribution in [-0.4, -0.2) is 72.1 Å². The minimum Gasteiger partial charge on any atom is -0.372 e. The minimum absolute atomic E-state index is 0.0845. The fourth-order valence-corrected chi connectivity index (χ4v) is 4.96. The SMILES string of the molecule is CCN(CC)c1ccc(C(=O)NC(CC(C)C)C(=O)N2C(C(C)=O)CC3NCC(=O)C32)cc1. The van der Waals surface area contributed by atoms with Gasteiger partial charge in [-0.2, -0.15) is 0 Å². The lowest BCUT2D eigenvalue weighted by Crippen LogP contribution is -2.56. The van der Waals surface area contributed by atoms with Crippen LogP contribution in [0.2, 0.25) is 0 Å². The lowest BCUT2D eigenvalue weighted by atomic mass is 10.0. The van der Waals surface area contributed by atoms with E-state index in [-0.39, 0.29) is 41.9 Å². The Labute approximate surface area is 196 Å². The number of carbonyl (C=O) groups is 4. The van der Waals surface area contributed by atoms with Gasteiger partial charge in [0.25, 0.3) is 5.91 Å². The van der Waals surface area contributed by atoms with Crippen LogP contribution in [-0.2, 0) is 14.4 Å². The monoisotopic (exact) mass is 456 g/mol. The standard InChI is InChI=1S/C25H36N4O4/c1-6-28(7-2)18-10-8-17(9-11-18)24(32)27-20(12-15(3)4)25(33)29-21(16(5)30)13-19-23(29)22(31)14-26-19/h8-11,15,19-21,23,26H,6-7,12-14H2,1-5H3,(H,27,32). The zero-order valence-electron chi connectivity index (χ0n) is 20.3. The first-order valence-corrected chi connectivity index (χ1v) is 11.9. The molecule has 4 unspecified atom stereocenters. The molecule has 33 heavy (non-hydrogen) atoms. The highest BCUT2D eigenvalue weighted by molar-refractivity contribution is 6.01. The second kappa shape index (κ2) is 10.5. The van der Waals surface area contributed by atoms with Crippen molar-refractivity contribution in [3.63, 3.8) is 0 Å². The molecule has 0 aromatic heterocycles. The second-order valence-electron chi connectivity index (χ2n) is 9.38. The van der Waals surface area contributed by atoms with E-state index in [2.05, 4.69) is 29.4 Å². The van der Waals surface area contributed by atoms with Crippen LogP contribution < -0.4 is 15.5 Å². The van der Waals surface area contributed by atoms with Gasteiger partial charge in [0.2, 0.25) is 5.91 Å². The third-order valence-electron chi connectivity index (χ3n) is 6.65. The molecule has 0 bridgehead atoms. The van der Waals surface area contributed by atoms with Gasteiger partial charge in [-0.1, -0.05) is 13.8 Å². The molecule has 1 aromatic carbocycles. The van der Waals surface area contributed by atoms with E-state index in [1.807, 2.05) is 26.0 Å². The number of amides is 2. The molecule has 8 nitrogen and oxygen atoms in total. The first-order chi connectivity index (χ1) is 15.7. The van der Waals surface area contributed by atoms with Crippen LogP contribution in [0.4, 0.5) is 5.69 Å². The quantitative estimate of drug-likeness (QED) is 0.588. The van der Waals surface area contributed by atoms with E-state index in [1.54, 1.807) is 12.1 Å². The topological polar surface area (TPSA) is 98.8 Å². The van der Waals surface area contributed by atoms with E-state index in [1.165, 1.54) is 11.8 Å². The van der Waals surface area contributed by atoms with Gasteiger partial charge in [-0.05, 0) is 63.8 Å². The van der Waals surface area contributed by atoms with Gasteiger partial charge < -0.3 is 20.4 Å². The minimum atomic E-state index is -0.811. The van der Waals surface area contributed by atoms with Crippen molar-refractivity contribution in [2.75, 3.05) is 24.5 Å². The van der Waals surface area contributed by atoms with Crippen LogP contribution in [0.15, 0.2) is 24.3 Å². The third-order valence-corrected chi connectivity index (χ3v) is 6.65. The van der Waals surface area contributed by atoms with Crippen LogP contribution >= 0.6 is 0 Å². The van der Waals surface area contributed by atoms with Gasteiger partial charge in [-0.25, -0.2) is 0 Å². The molecule has 0 spiro atoms. The average molecular weight is 457 g/mol. The number of likely N-dealkylation sites (tertiary alicyclic amines) is 1. The van der Waals surface area contributed by atoms with Crippen molar-refractivity contribution in [2.24, 2.45) is 5.92 Å². The summed E-state index contributed by atoms with van der Waals surface area (Å²) < 4.78 is 0. The van der Waals surface area contributed by atoms with Crippen LogP contribution in [0.5, 0.6) is 0 Å². The number of hydrogen-bond acceptors (Lipinski definition) is 6. The molecule has 0 radical (unpaired) electrons. The lowest BCUT2D eigenvalue weighted by molar-refractivity contribution is -0.143. The van der Waals surface area contributed by atoms with Crippen molar-refractivity contribution in [2.45, 2.75) is 71.6 Å². The third kappa shape index (κ3) is 5.27. The van der Waals surface area contributed by atoms with Crippen LogP contribution in [0.3, 0.4) is 0 Å². The van der Waals surface area contributed by atoms with Gasteiger partial charge in [-0.3, -0.25) is 19.2 Å². The molecule has 2 heterocycles. The molecule has 2 amide bonds. The van der Waals surface area contributed by atoms with E-state index in [4.69, 9.17) is 0 Å². The summed E-state index contributed by atoms with van der Waals surface area (Å²) in [6.07, 6.45) is 0.842. The summed E-state index contributed by atoms with van der Waals surface area (Å²) in [6, 6.07) is 5.01. The number of ketones is 2. The van der Waals surface area contributed by atoms with Crippen LogP contribution in [0.1, 0.15) is 57.8 Å². The number of rotatable bonds is 9. The fraction of sp³-hybridized carbons (Fsp3) is 0.600. The number of anilines is 1. The molecule has 2 saturated heterocycles. The van der Waals surface area contributed by atoms with Crippen molar-refractivity contribution < 1.29 is 19.2 Å². The summed E-state index contributed by atoms with van der Waals surface area (Å²) in [5, 5.41) is 6.01. The van der Waals surface area contributed by atoms with Gasteiger partial charge in [0.15, 0.2) is 11.6 Å². The number of hydrogen-bond donors (Lipinski definition) is 2. The Balaban J connectivity index is 1.81. The summed E-state index contributed by atoms with van der Waals surface area (Å²) in [5.74, 6) is -0.795. The highest BCUT2D eigenvalue weighted by atomic mass is 16.2. The van der Waals surface area contributed by atoms with Crippen LogP contribution in [0.25, 0.3) is 0 Å². The van der Waals surface area contributed by atoms with E-state index in [0.717, 1.165) is 18.8 Å². The maximum Gasteiger partial charge on any atom is 0.251 e. The van der Waals surface area contributed by atoms with Crippen molar-refractivity contribution in [3.8, 4) is 0 Å². The Bertz CT molecular complexity index is 894. The zero-order chi connectivity index (χ0) is 24.3. The average Bonchev–Trinajstić information content (AvgIpc) is 3.33. The lowest BCUT2D eigenvalue weighted by Gasteiger charge is -2.32. The predicted molar refractivity (Wildman–Crippen MR) is 127 cm³/mol. The summed E-state index contributed by atoms with van der Waals surface area (Å²) in [5.41, 5.74) is 1.50. The molecule has 2 aliphatic rings. The number of nitrogens with zero attached hydrogens (tertiary/aromatic N) is 2. The number of benzene rings is 1. The molecule has 2 aliphatic heterocycles. The van der Waals surface area contributed by atoms with Crippen LogP contribution in [0, 0.1) is 5.92 Å². The summed E-state index contributed by atoms with van der Waals surface area (Å²) >= 11 is 0. The van der Waals surface area contributed by atoms with E-state index in [0.29, 0.717) is 18.4 Å². The Kier molecular flexibility index (Phi) is 7.89. The molecule has 4 atom stereocenters. The predicted octanol–water partition coefficient (Wildman–Crippen LogP) is 1.78. The van der Waals surface area contributed by atoms with E-state index < -0.39 is 18.1 Å². The smallest absolute Gasteiger partial charge is 0.251 e. The van der Waals surface area contributed by atoms with Gasteiger partial charge in [-0.15, -0.1) is 0 Å². The number of nitrogens with one attached hydrogen (secondary N) is 2. The number of fused-ring (bicyclic) bond motifs is 1. The van der Waals surface area contributed by atoms with Crippen molar-refractivity contribution >= 4 is 29.1 Å². The second-order valence-corrected chi connectivity index (χ2v) is 9.38. The van der Waals surface area contributed by atoms with Gasteiger partial charge in [0.1, 0.15) is 12.1 Å². The number of carbonyl (C=O) groups excluding carboxylic acids is 4. The maximum absolute atomic E-state index is 13.6. The first kappa shape index (κ1) is 24.9. The molecule has 1 aromatic rings. The highest BCUT2D eigenvalue weighted by Crippen LogP contribution is 2.30. The molecule has 8 heteroatoms. The fourth-order valence-electron chi connectivity index (χ4n) is 4.96. The van der Waals surface area contributed by atoms with Crippen molar-refractivity contribution in [1.29, 1.82) is 0 Å². The molecule has 2 N–H and O–H groups in total. The zero-order valence-corrected chi connectivity index (χ0v) is 20.3. The Hall–Kier alpha value is -2.74. The Morgan fingerprint density at radius 2 is 1.79 bits per heavy atom. The Morgan fingerprint density at radius 3 is 2.33 bits per heavy atom. The summed E-state index contributed by atoms with van der Waals surface area (Å²) in [6.45, 7) is 11.5. The highest BCUT2D eigenvalue weighted by Gasteiger charge is 2.52. The van der Waals surface area contributed by atoms with Crippen molar-refractivity contribution in [1.82, 2.24) is 15.5 Å². The molecule has 0 aliphatic carbocycles. The van der Waals surface area contributed by atoms with E-state index >= 15 is 0 Å².